The highest BCUT2D eigenvalue weighted by Gasteiger charge is 2.29. The summed E-state index contributed by atoms with van der Waals surface area (Å²) in [5, 5.41) is 9.10. The van der Waals surface area contributed by atoms with E-state index in [4.69, 9.17) is 5.11 Å². The average molecular weight is 274 g/mol. The van der Waals surface area contributed by atoms with Crippen LogP contribution in [-0.4, -0.2) is 11.1 Å². The number of carboxylic acid groups (broad SMARTS) is 1. The highest BCUT2D eigenvalue weighted by Crippen LogP contribution is 2.39. The number of carbonyl (C=O) groups is 1. The maximum absolute atomic E-state index is 11.1. The number of benzene rings is 1. The first-order chi connectivity index (χ1) is 9.49. The van der Waals surface area contributed by atoms with Gasteiger partial charge in [0.25, 0.3) is 0 Å². The number of hydrogen-bond donors (Lipinski definition) is 1. The molecule has 1 aliphatic rings. The Labute approximate surface area is 122 Å². The number of aliphatic carboxylic acids is 1. The summed E-state index contributed by atoms with van der Waals surface area (Å²) in [6, 6.07) is 9.01. The van der Waals surface area contributed by atoms with Crippen LogP contribution in [-0.2, 0) is 4.79 Å². The second-order valence-corrected chi connectivity index (χ2v) is 6.56. The molecule has 0 spiro atoms. The summed E-state index contributed by atoms with van der Waals surface area (Å²) in [4.78, 5) is 11.1. The first kappa shape index (κ1) is 15.1. The first-order valence-corrected chi connectivity index (χ1v) is 7.81. The Kier molecular flexibility index (Phi) is 4.85. The molecule has 20 heavy (non-hydrogen) atoms. The van der Waals surface area contributed by atoms with E-state index in [-0.39, 0.29) is 5.92 Å². The Morgan fingerprint density at radius 2 is 1.60 bits per heavy atom. The molecular weight excluding hydrogens is 248 g/mol. The normalized spacial score (nSPS) is 24.6. The Morgan fingerprint density at radius 3 is 2.05 bits per heavy atom. The van der Waals surface area contributed by atoms with Crippen LogP contribution in [0.2, 0.25) is 0 Å². The van der Waals surface area contributed by atoms with Crippen LogP contribution in [0.5, 0.6) is 0 Å². The number of carboxylic acids is 1. The fourth-order valence-electron chi connectivity index (χ4n) is 3.31. The van der Waals surface area contributed by atoms with E-state index in [1.807, 2.05) is 6.92 Å². The maximum Gasteiger partial charge on any atom is 0.306 e. The number of hydrogen-bond acceptors (Lipinski definition) is 1. The molecule has 1 aromatic rings. The monoisotopic (exact) mass is 274 g/mol. The van der Waals surface area contributed by atoms with Crippen molar-refractivity contribution in [2.75, 3.05) is 0 Å². The van der Waals surface area contributed by atoms with Crippen LogP contribution in [0.25, 0.3) is 0 Å². The van der Waals surface area contributed by atoms with Gasteiger partial charge in [0.1, 0.15) is 0 Å². The predicted octanol–water partition coefficient (Wildman–Crippen LogP) is 4.80. The molecule has 1 saturated carbocycles. The molecule has 0 heterocycles. The molecule has 1 atom stereocenters. The van der Waals surface area contributed by atoms with Crippen molar-refractivity contribution < 1.29 is 9.90 Å². The molecule has 1 fully saturated rings. The summed E-state index contributed by atoms with van der Waals surface area (Å²) in [5.41, 5.74) is 2.82. The van der Waals surface area contributed by atoms with Crippen molar-refractivity contribution in [1.29, 1.82) is 0 Å². The molecule has 1 aromatic carbocycles. The molecule has 1 unspecified atom stereocenters. The van der Waals surface area contributed by atoms with Crippen molar-refractivity contribution in [3.8, 4) is 0 Å². The van der Waals surface area contributed by atoms with E-state index in [1.54, 1.807) is 0 Å². The molecule has 0 saturated heterocycles. The zero-order valence-corrected chi connectivity index (χ0v) is 12.8. The zero-order valence-electron chi connectivity index (χ0n) is 12.8. The molecule has 110 valence electrons. The fraction of sp³-hybridized carbons (Fsp3) is 0.611. The Morgan fingerprint density at radius 1 is 1.05 bits per heavy atom. The van der Waals surface area contributed by atoms with Crippen molar-refractivity contribution in [3.05, 3.63) is 35.4 Å². The maximum atomic E-state index is 11.1. The van der Waals surface area contributed by atoms with Crippen LogP contribution in [0, 0.1) is 11.8 Å². The molecule has 2 heteroatoms. The van der Waals surface area contributed by atoms with Gasteiger partial charge in [0.15, 0.2) is 0 Å². The van der Waals surface area contributed by atoms with Crippen molar-refractivity contribution >= 4 is 5.97 Å². The van der Waals surface area contributed by atoms with Gasteiger partial charge in [-0.15, -0.1) is 0 Å². The van der Waals surface area contributed by atoms with Gasteiger partial charge in [-0.3, -0.25) is 4.79 Å². The quantitative estimate of drug-likeness (QED) is 0.856. The van der Waals surface area contributed by atoms with E-state index < -0.39 is 5.97 Å². The summed E-state index contributed by atoms with van der Waals surface area (Å²) in [5.74, 6) is 0.720. The lowest BCUT2D eigenvalue weighted by molar-refractivity contribution is -0.143. The third-order valence-corrected chi connectivity index (χ3v) is 4.94. The van der Waals surface area contributed by atoms with Crippen LogP contribution in [0.3, 0.4) is 0 Å². The van der Waals surface area contributed by atoms with Crippen molar-refractivity contribution in [2.24, 2.45) is 11.8 Å². The van der Waals surface area contributed by atoms with Crippen molar-refractivity contribution in [1.82, 2.24) is 0 Å². The minimum absolute atomic E-state index is 0.195. The van der Waals surface area contributed by atoms with E-state index in [1.165, 1.54) is 11.1 Å². The standard InChI is InChI=1S/C18H26O2/c1-12(2)14-4-8-16(9-5-14)17-10-6-15(7-11-17)13(3)18(19)20/h4-5,8-9,12-13,15,17H,6-7,10-11H2,1-3H3,(H,19,20). The Balaban J connectivity index is 1.95. The Hall–Kier alpha value is -1.31. The van der Waals surface area contributed by atoms with E-state index in [9.17, 15) is 4.79 Å². The topological polar surface area (TPSA) is 37.3 Å². The van der Waals surface area contributed by atoms with Gasteiger partial charge in [-0.05, 0) is 54.6 Å². The van der Waals surface area contributed by atoms with Crippen molar-refractivity contribution in [2.45, 2.75) is 58.3 Å². The SMILES string of the molecule is CC(C)c1ccc(C2CCC(C(C)C(=O)O)CC2)cc1. The number of rotatable bonds is 4. The van der Waals surface area contributed by atoms with E-state index in [0.29, 0.717) is 17.8 Å². The van der Waals surface area contributed by atoms with E-state index in [2.05, 4.69) is 38.1 Å². The summed E-state index contributed by atoms with van der Waals surface area (Å²) >= 11 is 0. The molecule has 0 amide bonds. The van der Waals surface area contributed by atoms with E-state index in [0.717, 1.165) is 25.7 Å². The van der Waals surface area contributed by atoms with Gasteiger partial charge in [0, 0.05) is 0 Å². The van der Waals surface area contributed by atoms with Gasteiger partial charge in [0.05, 0.1) is 5.92 Å². The second-order valence-electron chi connectivity index (χ2n) is 6.56. The van der Waals surface area contributed by atoms with Crippen LogP contribution in [0.4, 0.5) is 0 Å². The molecule has 1 aliphatic carbocycles. The van der Waals surface area contributed by atoms with Gasteiger partial charge in [-0.2, -0.15) is 0 Å². The average Bonchev–Trinajstić information content (AvgIpc) is 2.46. The summed E-state index contributed by atoms with van der Waals surface area (Å²) < 4.78 is 0. The summed E-state index contributed by atoms with van der Waals surface area (Å²) in [6.07, 6.45) is 4.35. The fourth-order valence-corrected chi connectivity index (χ4v) is 3.31. The molecule has 2 nitrogen and oxygen atoms in total. The first-order valence-electron chi connectivity index (χ1n) is 7.81. The van der Waals surface area contributed by atoms with Crippen molar-refractivity contribution in [3.63, 3.8) is 0 Å². The van der Waals surface area contributed by atoms with Gasteiger partial charge in [-0.1, -0.05) is 45.0 Å². The van der Waals surface area contributed by atoms with Crippen LogP contribution >= 0.6 is 0 Å². The van der Waals surface area contributed by atoms with Gasteiger partial charge < -0.3 is 5.11 Å². The third-order valence-electron chi connectivity index (χ3n) is 4.94. The largest absolute Gasteiger partial charge is 0.481 e. The minimum Gasteiger partial charge on any atom is -0.481 e. The van der Waals surface area contributed by atoms with Gasteiger partial charge in [-0.25, -0.2) is 0 Å². The molecule has 0 radical (unpaired) electrons. The molecule has 2 rings (SSSR count). The summed E-state index contributed by atoms with van der Waals surface area (Å²) in [7, 11) is 0. The van der Waals surface area contributed by atoms with E-state index >= 15 is 0 Å². The second kappa shape index (κ2) is 6.43. The highest BCUT2D eigenvalue weighted by molar-refractivity contribution is 5.69. The lowest BCUT2D eigenvalue weighted by atomic mass is 9.74. The molecule has 1 N–H and O–H groups in total. The predicted molar refractivity (Wildman–Crippen MR) is 82.0 cm³/mol. The van der Waals surface area contributed by atoms with Crippen LogP contribution in [0.1, 0.15) is 69.4 Å². The minimum atomic E-state index is -0.644. The van der Waals surface area contributed by atoms with Gasteiger partial charge >= 0.3 is 5.97 Å². The molecule has 0 aromatic heterocycles. The lowest BCUT2D eigenvalue weighted by Crippen LogP contribution is -2.24. The third kappa shape index (κ3) is 3.41. The summed E-state index contributed by atoms with van der Waals surface area (Å²) in [6.45, 7) is 6.28. The Bertz CT molecular complexity index is 439. The van der Waals surface area contributed by atoms with Crippen LogP contribution < -0.4 is 0 Å². The van der Waals surface area contributed by atoms with Gasteiger partial charge in [0.2, 0.25) is 0 Å². The molecular formula is C18H26O2. The smallest absolute Gasteiger partial charge is 0.306 e. The molecule has 0 aliphatic heterocycles. The molecule has 0 bridgehead atoms. The lowest BCUT2D eigenvalue weighted by Gasteiger charge is -2.31. The zero-order chi connectivity index (χ0) is 14.7. The highest BCUT2D eigenvalue weighted by atomic mass is 16.4. The van der Waals surface area contributed by atoms with Crippen LogP contribution in [0.15, 0.2) is 24.3 Å².